The van der Waals surface area contributed by atoms with Crippen LogP contribution in [0.1, 0.15) is 42.8 Å². The third-order valence-electron chi connectivity index (χ3n) is 5.35. The second-order valence-corrected chi connectivity index (χ2v) is 8.00. The van der Waals surface area contributed by atoms with Crippen LogP contribution in [0.5, 0.6) is 5.75 Å². The third kappa shape index (κ3) is 6.52. The van der Waals surface area contributed by atoms with Gasteiger partial charge in [-0.05, 0) is 68.1 Å². The van der Waals surface area contributed by atoms with E-state index in [1.165, 1.54) is 12.1 Å². The first-order valence-corrected chi connectivity index (χ1v) is 11.4. The standard InChI is InChI=1S/C25H28F3N3O4/c1-4-14-30-22(29-31(24(30)33)20-10-8-19(9-11-20)25(26,27)28)13-7-18-6-12-21(17(3)15-18)35-16-23(32)34-5-2/h6,8-12,15H,4-5,7,13-14,16H2,1-3H3. The third-order valence-corrected chi connectivity index (χ3v) is 5.35. The molecule has 7 nitrogen and oxygen atoms in total. The number of carbonyl (C=O) groups is 1. The lowest BCUT2D eigenvalue weighted by Gasteiger charge is -2.10. The van der Waals surface area contributed by atoms with Gasteiger partial charge < -0.3 is 9.47 Å². The maximum absolute atomic E-state index is 12.9. The fourth-order valence-electron chi connectivity index (χ4n) is 3.65. The molecule has 0 saturated heterocycles. The van der Waals surface area contributed by atoms with Crippen LogP contribution >= 0.6 is 0 Å². The highest BCUT2D eigenvalue weighted by Crippen LogP contribution is 2.29. The Bertz CT molecular complexity index is 1210. The molecule has 0 aliphatic carbocycles. The Kier molecular flexibility index (Phi) is 8.37. The largest absolute Gasteiger partial charge is 0.482 e. The average molecular weight is 492 g/mol. The molecule has 0 spiro atoms. The van der Waals surface area contributed by atoms with E-state index in [-0.39, 0.29) is 24.6 Å². The number of rotatable bonds is 10. The highest BCUT2D eigenvalue weighted by atomic mass is 19.4. The number of aromatic nitrogens is 3. The van der Waals surface area contributed by atoms with Crippen LogP contribution in [0.3, 0.4) is 0 Å². The fourth-order valence-corrected chi connectivity index (χ4v) is 3.65. The molecule has 35 heavy (non-hydrogen) atoms. The summed E-state index contributed by atoms with van der Waals surface area (Å²) >= 11 is 0. The van der Waals surface area contributed by atoms with Crippen LogP contribution in [-0.4, -0.2) is 33.5 Å². The Morgan fingerprint density at radius 3 is 2.37 bits per heavy atom. The molecular formula is C25H28F3N3O4. The Labute approximate surface area is 201 Å². The lowest BCUT2D eigenvalue weighted by molar-refractivity contribution is -0.145. The number of nitrogens with zero attached hydrogens (tertiary/aromatic N) is 3. The number of hydrogen-bond acceptors (Lipinski definition) is 5. The molecule has 2 aromatic carbocycles. The lowest BCUT2D eigenvalue weighted by Crippen LogP contribution is -2.24. The SMILES string of the molecule is CCCn1c(CCc2ccc(OCC(=O)OCC)c(C)c2)nn(-c2ccc(C(F)(F)F)cc2)c1=O. The summed E-state index contributed by atoms with van der Waals surface area (Å²) in [7, 11) is 0. The van der Waals surface area contributed by atoms with Gasteiger partial charge in [0.25, 0.3) is 0 Å². The first-order chi connectivity index (χ1) is 16.6. The molecule has 0 fully saturated rings. The Morgan fingerprint density at radius 1 is 1.06 bits per heavy atom. The number of carbonyl (C=O) groups excluding carboxylic acids is 1. The minimum atomic E-state index is -4.45. The summed E-state index contributed by atoms with van der Waals surface area (Å²) < 4.78 is 51.7. The van der Waals surface area contributed by atoms with Crippen molar-refractivity contribution in [2.75, 3.05) is 13.2 Å². The van der Waals surface area contributed by atoms with E-state index in [1.54, 1.807) is 17.6 Å². The summed E-state index contributed by atoms with van der Waals surface area (Å²) in [6, 6.07) is 9.97. The van der Waals surface area contributed by atoms with E-state index in [9.17, 15) is 22.8 Å². The number of hydrogen-bond donors (Lipinski definition) is 0. The van der Waals surface area contributed by atoms with Gasteiger partial charge in [-0.2, -0.15) is 17.9 Å². The van der Waals surface area contributed by atoms with Crippen LogP contribution in [-0.2, 0) is 35.1 Å². The van der Waals surface area contributed by atoms with E-state index in [1.807, 2.05) is 26.0 Å². The van der Waals surface area contributed by atoms with Gasteiger partial charge in [-0.25, -0.2) is 9.59 Å². The van der Waals surface area contributed by atoms with E-state index in [0.29, 0.717) is 37.4 Å². The molecule has 0 amide bonds. The number of ether oxygens (including phenoxy) is 2. The molecule has 3 aromatic rings. The second kappa shape index (κ2) is 11.2. The van der Waals surface area contributed by atoms with E-state index in [4.69, 9.17) is 9.47 Å². The van der Waals surface area contributed by atoms with Gasteiger partial charge in [-0.1, -0.05) is 19.1 Å². The molecule has 0 unspecified atom stereocenters. The van der Waals surface area contributed by atoms with Crippen molar-refractivity contribution in [3.63, 3.8) is 0 Å². The Hall–Kier alpha value is -3.56. The number of benzene rings is 2. The minimum Gasteiger partial charge on any atom is -0.482 e. The molecule has 3 rings (SSSR count). The molecule has 0 aliphatic heterocycles. The number of esters is 1. The molecule has 0 bridgehead atoms. The summed E-state index contributed by atoms with van der Waals surface area (Å²) in [4.78, 5) is 24.4. The van der Waals surface area contributed by atoms with E-state index < -0.39 is 17.7 Å². The minimum absolute atomic E-state index is 0.168. The van der Waals surface area contributed by atoms with Crippen LogP contribution in [0.2, 0.25) is 0 Å². The molecular weight excluding hydrogens is 463 g/mol. The molecule has 0 aliphatic rings. The van der Waals surface area contributed by atoms with Gasteiger partial charge in [0.2, 0.25) is 0 Å². The van der Waals surface area contributed by atoms with Crippen LogP contribution in [0, 0.1) is 6.92 Å². The monoisotopic (exact) mass is 491 g/mol. The van der Waals surface area contributed by atoms with Gasteiger partial charge in [0.15, 0.2) is 6.61 Å². The van der Waals surface area contributed by atoms with E-state index in [2.05, 4.69) is 5.10 Å². The van der Waals surface area contributed by atoms with Crippen molar-refractivity contribution in [2.45, 2.75) is 52.8 Å². The van der Waals surface area contributed by atoms with Crippen LogP contribution in [0.4, 0.5) is 13.2 Å². The van der Waals surface area contributed by atoms with Gasteiger partial charge in [0.05, 0.1) is 17.9 Å². The Balaban J connectivity index is 1.76. The van der Waals surface area contributed by atoms with Gasteiger partial charge in [0.1, 0.15) is 11.6 Å². The van der Waals surface area contributed by atoms with Gasteiger partial charge in [0, 0.05) is 13.0 Å². The molecule has 188 valence electrons. The van der Waals surface area contributed by atoms with E-state index >= 15 is 0 Å². The highest BCUT2D eigenvalue weighted by Gasteiger charge is 2.30. The fraction of sp³-hybridized carbons (Fsp3) is 0.400. The van der Waals surface area contributed by atoms with Crippen LogP contribution in [0.25, 0.3) is 5.69 Å². The molecule has 1 aromatic heterocycles. The lowest BCUT2D eigenvalue weighted by atomic mass is 10.1. The molecule has 0 radical (unpaired) electrons. The van der Waals surface area contributed by atoms with Crippen molar-refractivity contribution in [1.82, 2.24) is 14.3 Å². The topological polar surface area (TPSA) is 75.3 Å². The number of aryl methyl sites for hydroxylation is 3. The first kappa shape index (κ1) is 26.1. The van der Waals surface area contributed by atoms with Gasteiger partial charge in [-0.15, -0.1) is 5.10 Å². The number of alkyl halides is 3. The van der Waals surface area contributed by atoms with Crippen molar-refractivity contribution in [1.29, 1.82) is 0 Å². The summed E-state index contributed by atoms with van der Waals surface area (Å²) in [6.07, 6.45) is -2.69. The van der Waals surface area contributed by atoms with Gasteiger partial charge >= 0.3 is 17.8 Å². The highest BCUT2D eigenvalue weighted by molar-refractivity contribution is 5.71. The van der Waals surface area contributed by atoms with E-state index in [0.717, 1.165) is 27.9 Å². The summed E-state index contributed by atoms with van der Waals surface area (Å²) in [5, 5.41) is 4.42. The molecule has 0 saturated carbocycles. The average Bonchev–Trinajstić information content (AvgIpc) is 3.12. The normalized spacial score (nSPS) is 11.5. The second-order valence-electron chi connectivity index (χ2n) is 8.00. The van der Waals surface area contributed by atoms with Crippen molar-refractivity contribution in [3.05, 3.63) is 75.5 Å². The van der Waals surface area contributed by atoms with Crippen molar-refractivity contribution < 1.29 is 27.4 Å². The number of halogens is 3. The smallest absolute Gasteiger partial charge is 0.416 e. The van der Waals surface area contributed by atoms with Crippen LogP contribution < -0.4 is 10.4 Å². The summed E-state index contributed by atoms with van der Waals surface area (Å²) in [6.45, 7) is 6.11. The molecule has 1 heterocycles. The van der Waals surface area contributed by atoms with Crippen molar-refractivity contribution in [3.8, 4) is 11.4 Å². The summed E-state index contributed by atoms with van der Waals surface area (Å²) in [5.74, 6) is 0.696. The zero-order valence-electron chi connectivity index (χ0n) is 19.9. The van der Waals surface area contributed by atoms with Gasteiger partial charge in [-0.3, -0.25) is 4.57 Å². The van der Waals surface area contributed by atoms with Crippen LogP contribution in [0.15, 0.2) is 47.3 Å². The molecule has 0 N–H and O–H groups in total. The predicted octanol–water partition coefficient (Wildman–Crippen LogP) is 4.50. The molecule has 0 atom stereocenters. The maximum Gasteiger partial charge on any atom is 0.416 e. The zero-order valence-corrected chi connectivity index (χ0v) is 19.9. The van der Waals surface area contributed by atoms with Crippen molar-refractivity contribution in [2.24, 2.45) is 0 Å². The summed E-state index contributed by atoms with van der Waals surface area (Å²) in [5.41, 5.74) is 0.949. The maximum atomic E-state index is 12.9. The Morgan fingerprint density at radius 2 is 1.77 bits per heavy atom. The predicted molar refractivity (Wildman–Crippen MR) is 124 cm³/mol. The van der Waals surface area contributed by atoms with Crippen molar-refractivity contribution >= 4 is 5.97 Å². The zero-order chi connectivity index (χ0) is 25.6. The molecule has 10 heteroatoms. The quantitative estimate of drug-likeness (QED) is 0.391. The first-order valence-electron chi connectivity index (χ1n) is 11.4.